The molecule has 2 aromatic carbocycles. The predicted octanol–water partition coefficient (Wildman–Crippen LogP) is 3.67. The van der Waals surface area contributed by atoms with E-state index in [1.165, 1.54) is 31.4 Å². The van der Waals surface area contributed by atoms with Gasteiger partial charge in [0.1, 0.15) is 0 Å². The molecule has 0 heterocycles. The molecule has 0 aliphatic heterocycles. The maximum absolute atomic E-state index is 12.0. The standard InChI is InChI=1S/C17H14Cl2N2O4/c1-9-3-5-11(8-13(9)19)20-15(22)16(23)21-14-7-10(17(24)25-2)4-6-12(14)18/h3-8H,1-2H3,(H,20,22)(H,21,23). The Balaban J connectivity index is 2.11. The van der Waals surface area contributed by atoms with Crippen LogP contribution in [-0.4, -0.2) is 24.9 Å². The molecule has 0 aliphatic carbocycles. The van der Waals surface area contributed by atoms with Gasteiger partial charge in [0, 0.05) is 10.7 Å². The van der Waals surface area contributed by atoms with Crippen LogP contribution in [0.1, 0.15) is 15.9 Å². The summed E-state index contributed by atoms with van der Waals surface area (Å²) in [6.07, 6.45) is 0. The number of esters is 1. The molecule has 2 N–H and O–H groups in total. The van der Waals surface area contributed by atoms with Gasteiger partial charge in [-0.25, -0.2) is 4.79 Å². The van der Waals surface area contributed by atoms with E-state index in [9.17, 15) is 14.4 Å². The molecule has 0 atom stereocenters. The highest BCUT2D eigenvalue weighted by Crippen LogP contribution is 2.24. The molecule has 25 heavy (non-hydrogen) atoms. The van der Waals surface area contributed by atoms with Crippen molar-refractivity contribution in [1.29, 1.82) is 0 Å². The van der Waals surface area contributed by atoms with E-state index >= 15 is 0 Å². The normalized spacial score (nSPS) is 10.1. The molecule has 0 bridgehead atoms. The van der Waals surface area contributed by atoms with Crippen LogP contribution < -0.4 is 10.6 Å². The SMILES string of the molecule is COC(=O)c1ccc(Cl)c(NC(=O)C(=O)Nc2ccc(C)c(Cl)c2)c1. The molecule has 0 aliphatic rings. The summed E-state index contributed by atoms with van der Waals surface area (Å²) in [6, 6.07) is 9.05. The number of halogens is 2. The van der Waals surface area contributed by atoms with Crippen LogP contribution in [0.5, 0.6) is 0 Å². The monoisotopic (exact) mass is 380 g/mol. The third kappa shape index (κ3) is 4.71. The summed E-state index contributed by atoms with van der Waals surface area (Å²) in [6.45, 7) is 1.82. The van der Waals surface area contributed by atoms with E-state index in [2.05, 4.69) is 15.4 Å². The second-order valence-electron chi connectivity index (χ2n) is 5.06. The van der Waals surface area contributed by atoms with Crippen LogP contribution in [0.3, 0.4) is 0 Å². The second-order valence-corrected chi connectivity index (χ2v) is 5.87. The third-order valence-corrected chi connectivity index (χ3v) is 4.01. The number of anilines is 2. The van der Waals surface area contributed by atoms with Crippen LogP contribution in [0.25, 0.3) is 0 Å². The van der Waals surface area contributed by atoms with E-state index in [4.69, 9.17) is 23.2 Å². The molecule has 0 fully saturated rings. The molecular formula is C17H14Cl2N2O4. The first-order valence-corrected chi connectivity index (χ1v) is 7.83. The maximum Gasteiger partial charge on any atom is 0.337 e. The zero-order chi connectivity index (χ0) is 18.6. The van der Waals surface area contributed by atoms with Gasteiger partial charge in [-0.3, -0.25) is 9.59 Å². The minimum atomic E-state index is -0.944. The number of carbonyl (C=O) groups is 3. The van der Waals surface area contributed by atoms with Gasteiger partial charge in [-0.15, -0.1) is 0 Å². The topological polar surface area (TPSA) is 84.5 Å². The highest BCUT2D eigenvalue weighted by atomic mass is 35.5. The zero-order valence-corrected chi connectivity index (χ0v) is 14.9. The summed E-state index contributed by atoms with van der Waals surface area (Å²) in [4.78, 5) is 35.6. The largest absolute Gasteiger partial charge is 0.465 e. The van der Waals surface area contributed by atoms with Crippen LogP contribution in [-0.2, 0) is 14.3 Å². The number of hydrogen-bond acceptors (Lipinski definition) is 4. The summed E-state index contributed by atoms with van der Waals surface area (Å²) in [5.74, 6) is -2.44. The van der Waals surface area contributed by atoms with Crippen LogP contribution in [0.15, 0.2) is 36.4 Å². The Bertz CT molecular complexity index is 853. The number of ether oxygens (including phenoxy) is 1. The zero-order valence-electron chi connectivity index (χ0n) is 13.4. The lowest BCUT2D eigenvalue weighted by Crippen LogP contribution is -2.29. The number of nitrogens with one attached hydrogen (secondary N) is 2. The molecule has 130 valence electrons. The van der Waals surface area contributed by atoms with Crippen molar-refractivity contribution >= 4 is 52.4 Å². The highest BCUT2D eigenvalue weighted by molar-refractivity contribution is 6.45. The summed E-state index contributed by atoms with van der Waals surface area (Å²) < 4.78 is 4.60. The number of rotatable bonds is 3. The number of carbonyl (C=O) groups excluding carboxylic acids is 3. The van der Waals surface area contributed by atoms with E-state index in [1.54, 1.807) is 12.1 Å². The molecule has 0 spiro atoms. The fraction of sp³-hybridized carbons (Fsp3) is 0.118. The van der Waals surface area contributed by atoms with Crippen LogP contribution in [0.4, 0.5) is 11.4 Å². The molecular weight excluding hydrogens is 367 g/mol. The summed E-state index contributed by atoms with van der Waals surface area (Å²) in [5, 5.41) is 5.42. The molecule has 2 aromatic rings. The number of amides is 2. The predicted molar refractivity (Wildman–Crippen MR) is 96.2 cm³/mol. The van der Waals surface area contributed by atoms with Gasteiger partial charge in [0.05, 0.1) is 23.4 Å². The van der Waals surface area contributed by atoms with Crippen LogP contribution >= 0.6 is 23.2 Å². The average Bonchev–Trinajstić information content (AvgIpc) is 2.59. The Kier molecular flexibility index (Phi) is 6.01. The molecule has 6 nitrogen and oxygen atoms in total. The summed E-state index contributed by atoms with van der Waals surface area (Å²) >= 11 is 12.0. The Labute approximate surface area is 154 Å². The third-order valence-electron chi connectivity index (χ3n) is 3.27. The van der Waals surface area contributed by atoms with Crippen molar-refractivity contribution < 1.29 is 19.1 Å². The molecule has 2 rings (SSSR count). The molecule has 0 saturated heterocycles. The van der Waals surface area contributed by atoms with Gasteiger partial charge < -0.3 is 15.4 Å². The first-order valence-electron chi connectivity index (χ1n) is 7.08. The van der Waals surface area contributed by atoms with Crippen molar-refractivity contribution in [2.24, 2.45) is 0 Å². The Morgan fingerprint density at radius 1 is 0.920 bits per heavy atom. The van der Waals surface area contributed by atoms with Gasteiger partial charge in [-0.1, -0.05) is 29.3 Å². The summed E-state index contributed by atoms with van der Waals surface area (Å²) in [5.41, 5.74) is 1.53. The molecule has 2 amide bonds. The quantitative estimate of drug-likeness (QED) is 0.628. The lowest BCUT2D eigenvalue weighted by atomic mass is 10.2. The van der Waals surface area contributed by atoms with Crippen LogP contribution in [0, 0.1) is 6.92 Å². The maximum atomic E-state index is 12.0. The molecule has 8 heteroatoms. The lowest BCUT2D eigenvalue weighted by Gasteiger charge is -2.10. The lowest BCUT2D eigenvalue weighted by molar-refractivity contribution is -0.132. The van der Waals surface area contributed by atoms with E-state index < -0.39 is 17.8 Å². The van der Waals surface area contributed by atoms with E-state index in [1.807, 2.05) is 6.92 Å². The smallest absolute Gasteiger partial charge is 0.337 e. The van der Waals surface area contributed by atoms with Crippen molar-refractivity contribution in [3.63, 3.8) is 0 Å². The fourth-order valence-electron chi connectivity index (χ4n) is 1.90. The summed E-state index contributed by atoms with van der Waals surface area (Å²) in [7, 11) is 1.23. The van der Waals surface area contributed by atoms with Crippen LogP contribution in [0.2, 0.25) is 10.0 Å². The van der Waals surface area contributed by atoms with Gasteiger partial charge in [0.25, 0.3) is 0 Å². The van der Waals surface area contributed by atoms with Gasteiger partial charge in [0.15, 0.2) is 0 Å². The van der Waals surface area contributed by atoms with E-state index in [0.717, 1.165) is 5.56 Å². The number of benzene rings is 2. The van der Waals surface area contributed by atoms with Gasteiger partial charge in [-0.05, 0) is 42.8 Å². The van der Waals surface area contributed by atoms with Crippen molar-refractivity contribution in [1.82, 2.24) is 0 Å². The van der Waals surface area contributed by atoms with Crippen molar-refractivity contribution in [3.8, 4) is 0 Å². The minimum Gasteiger partial charge on any atom is -0.465 e. The molecule has 0 unspecified atom stereocenters. The average molecular weight is 381 g/mol. The Morgan fingerprint density at radius 2 is 1.60 bits per heavy atom. The van der Waals surface area contributed by atoms with Gasteiger partial charge in [0.2, 0.25) is 0 Å². The Hall–Kier alpha value is -2.57. The fourth-order valence-corrected chi connectivity index (χ4v) is 2.25. The second kappa shape index (κ2) is 8.00. The minimum absolute atomic E-state index is 0.117. The van der Waals surface area contributed by atoms with E-state index in [-0.39, 0.29) is 16.3 Å². The first-order chi connectivity index (χ1) is 11.8. The highest BCUT2D eigenvalue weighted by Gasteiger charge is 2.17. The van der Waals surface area contributed by atoms with Crippen molar-refractivity contribution in [2.75, 3.05) is 17.7 Å². The van der Waals surface area contributed by atoms with E-state index in [0.29, 0.717) is 10.7 Å². The molecule has 0 saturated carbocycles. The number of aryl methyl sites for hydroxylation is 1. The number of methoxy groups -OCH3 is 1. The van der Waals surface area contributed by atoms with Gasteiger partial charge in [-0.2, -0.15) is 0 Å². The number of hydrogen-bond donors (Lipinski definition) is 2. The molecule has 0 aromatic heterocycles. The van der Waals surface area contributed by atoms with Crippen molar-refractivity contribution in [2.45, 2.75) is 6.92 Å². The molecule has 0 radical (unpaired) electrons. The Morgan fingerprint density at radius 3 is 2.24 bits per heavy atom. The first kappa shape index (κ1) is 18.8. The van der Waals surface area contributed by atoms with Gasteiger partial charge >= 0.3 is 17.8 Å². The van der Waals surface area contributed by atoms with Crippen molar-refractivity contribution in [3.05, 3.63) is 57.6 Å².